The van der Waals surface area contributed by atoms with E-state index in [4.69, 9.17) is 9.47 Å². The van der Waals surface area contributed by atoms with Crippen molar-refractivity contribution in [1.29, 1.82) is 0 Å². The fourth-order valence-electron chi connectivity index (χ4n) is 1.51. The minimum Gasteiger partial charge on any atom is -0.376 e. The van der Waals surface area contributed by atoms with Crippen LogP contribution in [0.4, 0.5) is 0 Å². The van der Waals surface area contributed by atoms with Crippen molar-refractivity contribution in [2.24, 2.45) is 0 Å². The van der Waals surface area contributed by atoms with E-state index < -0.39 is 0 Å². The number of hydrogen-bond donors (Lipinski definition) is 0. The Morgan fingerprint density at radius 3 is 2.50 bits per heavy atom. The van der Waals surface area contributed by atoms with Crippen LogP contribution >= 0.6 is 0 Å². The van der Waals surface area contributed by atoms with Crippen LogP contribution in [-0.4, -0.2) is 31.7 Å². The van der Waals surface area contributed by atoms with Gasteiger partial charge in [-0.15, -0.1) is 0 Å². The van der Waals surface area contributed by atoms with E-state index in [-0.39, 0.29) is 18.5 Å². The topological polar surface area (TPSA) is 35.5 Å². The summed E-state index contributed by atoms with van der Waals surface area (Å²) in [6.07, 6.45) is 0.198. The van der Waals surface area contributed by atoms with Crippen LogP contribution < -0.4 is 0 Å². The highest BCUT2D eigenvalue weighted by Gasteiger charge is 2.07. The minimum atomic E-state index is 0.0163. The van der Waals surface area contributed by atoms with Gasteiger partial charge in [0, 0.05) is 5.56 Å². The summed E-state index contributed by atoms with van der Waals surface area (Å²) < 4.78 is 10.6. The van der Waals surface area contributed by atoms with Gasteiger partial charge in [0.2, 0.25) is 0 Å². The van der Waals surface area contributed by atoms with Gasteiger partial charge in [-0.05, 0) is 44.9 Å². The molecule has 0 N–H and O–H groups in total. The van der Waals surface area contributed by atoms with E-state index in [0.717, 1.165) is 5.56 Å². The average Bonchev–Trinajstić information content (AvgIpc) is 2.31. The van der Waals surface area contributed by atoms with Crippen LogP contribution in [0.15, 0.2) is 18.2 Å². The lowest BCUT2D eigenvalue weighted by Gasteiger charge is -2.08. The number of benzene rings is 1. The molecule has 0 amide bonds. The molecule has 0 aliphatic heterocycles. The average molecular weight is 250 g/mol. The summed E-state index contributed by atoms with van der Waals surface area (Å²) in [5, 5.41) is 0. The molecular weight excluding hydrogens is 228 g/mol. The molecule has 1 aromatic carbocycles. The fourth-order valence-corrected chi connectivity index (χ4v) is 1.51. The van der Waals surface area contributed by atoms with Gasteiger partial charge in [0.15, 0.2) is 5.78 Å². The molecule has 18 heavy (non-hydrogen) atoms. The van der Waals surface area contributed by atoms with Gasteiger partial charge >= 0.3 is 0 Å². The Hall–Kier alpha value is -1.19. The van der Waals surface area contributed by atoms with E-state index in [9.17, 15) is 4.79 Å². The lowest BCUT2D eigenvalue weighted by Crippen LogP contribution is -2.14. The van der Waals surface area contributed by atoms with Crippen LogP contribution in [0.25, 0.3) is 0 Å². The molecule has 0 heterocycles. The van der Waals surface area contributed by atoms with Crippen LogP contribution in [0.2, 0.25) is 0 Å². The molecule has 0 unspecified atom stereocenters. The monoisotopic (exact) mass is 250 g/mol. The molecule has 0 radical (unpaired) electrons. The summed E-state index contributed by atoms with van der Waals surface area (Å²) >= 11 is 0. The number of ketones is 1. The molecule has 0 saturated carbocycles. The third-order valence-electron chi connectivity index (χ3n) is 2.74. The molecule has 0 spiro atoms. The smallest absolute Gasteiger partial charge is 0.188 e. The molecule has 0 aliphatic carbocycles. The van der Waals surface area contributed by atoms with Crippen molar-refractivity contribution < 1.29 is 14.3 Å². The number of aryl methyl sites for hydroxylation is 2. The fraction of sp³-hybridized carbons (Fsp3) is 0.533. The van der Waals surface area contributed by atoms with E-state index >= 15 is 0 Å². The van der Waals surface area contributed by atoms with Crippen LogP contribution in [0, 0.1) is 13.8 Å². The number of carbonyl (C=O) groups is 1. The van der Waals surface area contributed by atoms with Crippen molar-refractivity contribution in [2.75, 3.05) is 19.8 Å². The van der Waals surface area contributed by atoms with Crippen molar-refractivity contribution in [3.8, 4) is 0 Å². The van der Waals surface area contributed by atoms with Gasteiger partial charge in [-0.25, -0.2) is 0 Å². The number of hydrogen-bond acceptors (Lipinski definition) is 3. The Bertz CT molecular complexity index is 397. The Kier molecular flexibility index (Phi) is 6.02. The zero-order valence-electron chi connectivity index (χ0n) is 11.7. The van der Waals surface area contributed by atoms with Crippen LogP contribution in [-0.2, 0) is 9.47 Å². The van der Waals surface area contributed by atoms with Gasteiger partial charge in [0.25, 0.3) is 0 Å². The lowest BCUT2D eigenvalue weighted by molar-refractivity contribution is 0.0208. The van der Waals surface area contributed by atoms with Gasteiger partial charge in [-0.3, -0.25) is 4.79 Å². The maximum Gasteiger partial charge on any atom is 0.188 e. The van der Waals surface area contributed by atoms with Gasteiger partial charge in [-0.1, -0.05) is 12.1 Å². The summed E-state index contributed by atoms with van der Waals surface area (Å²) in [6.45, 7) is 9.07. The second-order valence-electron chi connectivity index (χ2n) is 4.69. The Morgan fingerprint density at radius 1 is 1.17 bits per heavy atom. The summed E-state index contributed by atoms with van der Waals surface area (Å²) in [4.78, 5) is 11.8. The highest BCUT2D eigenvalue weighted by molar-refractivity contribution is 5.97. The van der Waals surface area contributed by atoms with Gasteiger partial charge in [0.05, 0.1) is 19.3 Å². The van der Waals surface area contributed by atoms with Crippen molar-refractivity contribution in [3.63, 3.8) is 0 Å². The third-order valence-corrected chi connectivity index (χ3v) is 2.74. The summed E-state index contributed by atoms with van der Waals surface area (Å²) in [5.41, 5.74) is 3.03. The van der Waals surface area contributed by atoms with Crippen molar-refractivity contribution in [2.45, 2.75) is 33.8 Å². The zero-order chi connectivity index (χ0) is 13.5. The third kappa shape index (κ3) is 4.98. The Morgan fingerprint density at radius 2 is 1.89 bits per heavy atom. The van der Waals surface area contributed by atoms with E-state index in [1.54, 1.807) is 0 Å². The molecule has 0 atom stereocenters. The predicted octanol–water partition coefficient (Wildman–Crippen LogP) is 2.93. The zero-order valence-corrected chi connectivity index (χ0v) is 11.7. The SMILES string of the molecule is Cc1ccc(C(=O)COCCOC(C)C)cc1C. The summed E-state index contributed by atoms with van der Waals surface area (Å²) in [7, 11) is 0. The summed E-state index contributed by atoms with van der Waals surface area (Å²) in [6, 6.07) is 5.72. The second kappa shape index (κ2) is 7.29. The normalized spacial score (nSPS) is 10.9. The molecule has 0 aliphatic rings. The van der Waals surface area contributed by atoms with E-state index in [1.165, 1.54) is 5.56 Å². The predicted molar refractivity (Wildman–Crippen MR) is 72.2 cm³/mol. The van der Waals surface area contributed by atoms with Crippen LogP contribution in [0.1, 0.15) is 35.3 Å². The number of carbonyl (C=O) groups excluding carboxylic acids is 1. The quantitative estimate of drug-likeness (QED) is 0.551. The van der Waals surface area contributed by atoms with Crippen molar-refractivity contribution >= 4 is 5.78 Å². The first kappa shape index (κ1) is 14.9. The minimum absolute atomic E-state index is 0.0163. The molecule has 0 fully saturated rings. The molecule has 0 saturated heterocycles. The molecule has 0 bridgehead atoms. The number of ether oxygens (including phenoxy) is 2. The van der Waals surface area contributed by atoms with E-state index in [2.05, 4.69) is 0 Å². The molecule has 1 aromatic rings. The highest BCUT2D eigenvalue weighted by Crippen LogP contribution is 2.10. The van der Waals surface area contributed by atoms with E-state index in [0.29, 0.717) is 18.8 Å². The van der Waals surface area contributed by atoms with Gasteiger partial charge < -0.3 is 9.47 Å². The van der Waals surface area contributed by atoms with Crippen molar-refractivity contribution in [1.82, 2.24) is 0 Å². The molecule has 1 rings (SSSR count). The number of rotatable bonds is 7. The first-order chi connectivity index (χ1) is 8.50. The van der Waals surface area contributed by atoms with Crippen LogP contribution in [0.5, 0.6) is 0 Å². The van der Waals surface area contributed by atoms with Gasteiger partial charge in [0.1, 0.15) is 6.61 Å². The maximum absolute atomic E-state index is 11.8. The Balaban J connectivity index is 2.34. The first-order valence-corrected chi connectivity index (χ1v) is 6.30. The summed E-state index contributed by atoms with van der Waals surface area (Å²) in [5.74, 6) is 0.0163. The maximum atomic E-state index is 11.8. The first-order valence-electron chi connectivity index (χ1n) is 6.30. The number of Topliss-reactive ketones (excluding diaryl/α,β-unsaturated/α-hetero) is 1. The van der Waals surface area contributed by atoms with Crippen LogP contribution in [0.3, 0.4) is 0 Å². The molecule has 0 aromatic heterocycles. The second-order valence-corrected chi connectivity index (χ2v) is 4.69. The molecule has 100 valence electrons. The standard InChI is InChI=1S/C15H22O3/c1-11(2)18-8-7-17-10-15(16)14-6-5-12(3)13(4)9-14/h5-6,9,11H,7-8,10H2,1-4H3. The van der Waals surface area contributed by atoms with Gasteiger partial charge in [-0.2, -0.15) is 0 Å². The molecular formula is C15H22O3. The highest BCUT2D eigenvalue weighted by atomic mass is 16.5. The van der Waals surface area contributed by atoms with Crippen molar-refractivity contribution in [3.05, 3.63) is 34.9 Å². The van der Waals surface area contributed by atoms with E-state index in [1.807, 2.05) is 45.9 Å². The molecule has 3 heteroatoms. The largest absolute Gasteiger partial charge is 0.376 e. The lowest BCUT2D eigenvalue weighted by atomic mass is 10.0. The Labute approximate surface area is 109 Å². The molecule has 3 nitrogen and oxygen atoms in total.